The van der Waals surface area contributed by atoms with Crippen molar-refractivity contribution in [2.75, 3.05) is 36.2 Å². The third-order valence-corrected chi connectivity index (χ3v) is 4.11. The molecular weight excluding hydrogens is 340 g/mol. The Morgan fingerprint density at radius 2 is 2.17 bits per heavy atom. The van der Waals surface area contributed by atoms with Crippen LogP contribution in [0.1, 0.15) is 6.42 Å². The number of nitrogens with zero attached hydrogens (tertiary/aromatic N) is 1. The zero-order chi connectivity index (χ0) is 17.3. The molecule has 2 heterocycles. The average molecular weight is 356 g/mol. The molecule has 3 rings (SSSR count). The minimum atomic E-state index is -3.52. The van der Waals surface area contributed by atoms with Crippen molar-refractivity contribution in [3.63, 3.8) is 0 Å². The zero-order valence-corrected chi connectivity index (χ0v) is 13.7. The van der Waals surface area contributed by atoms with Crippen LogP contribution in [-0.4, -0.2) is 52.5 Å². The van der Waals surface area contributed by atoms with E-state index >= 15 is 0 Å². The summed E-state index contributed by atoms with van der Waals surface area (Å²) in [7, 11) is -3.52. The molecule has 2 aliphatic rings. The van der Waals surface area contributed by atoms with Crippen molar-refractivity contribution in [3.05, 3.63) is 18.2 Å². The highest BCUT2D eigenvalue weighted by atomic mass is 32.2. The van der Waals surface area contributed by atoms with Gasteiger partial charge in [0.1, 0.15) is 11.9 Å². The zero-order valence-electron chi connectivity index (χ0n) is 12.9. The maximum absolute atomic E-state index is 12.0. The molecule has 0 saturated carbocycles. The number of cyclic esters (lactones) is 1. The number of carbonyl (C=O) groups is 2. The molecule has 10 heteroatoms. The molecule has 0 aliphatic carbocycles. The molecule has 0 bridgehead atoms. The van der Waals surface area contributed by atoms with Gasteiger partial charge in [-0.05, 0) is 18.2 Å². The summed E-state index contributed by atoms with van der Waals surface area (Å²) >= 11 is 0. The lowest BCUT2D eigenvalue weighted by Gasteiger charge is -2.20. The lowest BCUT2D eigenvalue weighted by Crippen LogP contribution is -2.27. The maximum atomic E-state index is 12.0. The van der Waals surface area contributed by atoms with Crippen molar-refractivity contribution in [2.45, 2.75) is 12.5 Å². The highest BCUT2D eigenvalue weighted by Crippen LogP contribution is 2.33. The van der Waals surface area contributed by atoms with Crippen molar-refractivity contribution in [2.24, 2.45) is 0 Å². The van der Waals surface area contributed by atoms with Gasteiger partial charge in [-0.1, -0.05) is 0 Å². The number of fused-ring (bicyclic) bond motifs is 1. The molecular formula is C14H16N2O7S. The SMILES string of the molecule is CS(=O)(=O)OCCC1CN(c2ccc3c(c2)NC(=O)CO3)C(=O)O1. The van der Waals surface area contributed by atoms with Crippen LogP contribution in [0.25, 0.3) is 0 Å². The lowest BCUT2D eigenvalue weighted by molar-refractivity contribution is -0.118. The van der Waals surface area contributed by atoms with Crippen molar-refractivity contribution in [1.29, 1.82) is 0 Å². The number of carbonyl (C=O) groups excluding carboxylic acids is 2. The summed E-state index contributed by atoms with van der Waals surface area (Å²) in [5.41, 5.74) is 1.04. The van der Waals surface area contributed by atoms with Crippen LogP contribution in [0.15, 0.2) is 18.2 Å². The molecule has 1 fully saturated rings. The first-order valence-electron chi connectivity index (χ1n) is 7.21. The van der Waals surface area contributed by atoms with Gasteiger partial charge in [-0.2, -0.15) is 8.42 Å². The van der Waals surface area contributed by atoms with Crippen LogP contribution in [0.2, 0.25) is 0 Å². The molecule has 24 heavy (non-hydrogen) atoms. The monoisotopic (exact) mass is 356 g/mol. The smallest absolute Gasteiger partial charge is 0.414 e. The number of benzene rings is 1. The second-order valence-electron chi connectivity index (χ2n) is 5.45. The van der Waals surface area contributed by atoms with Crippen LogP contribution in [-0.2, 0) is 23.8 Å². The lowest BCUT2D eigenvalue weighted by atomic mass is 10.2. The highest BCUT2D eigenvalue weighted by molar-refractivity contribution is 7.85. The Balaban J connectivity index is 1.66. The number of hydrogen-bond acceptors (Lipinski definition) is 7. The summed E-state index contributed by atoms with van der Waals surface area (Å²) in [5, 5.41) is 2.67. The molecule has 0 aromatic heterocycles. The van der Waals surface area contributed by atoms with Crippen LogP contribution in [0.3, 0.4) is 0 Å². The molecule has 1 saturated heterocycles. The van der Waals surface area contributed by atoms with Crippen molar-refractivity contribution >= 4 is 33.5 Å². The van der Waals surface area contributed by atoms with Gasteiger partial charge in [-0.25, -0.2) is 4.79 Å². The van der Waals surface area contributed by atoms with Crippen LogP contribution in [0, 0.1) is 0 Å². The third kappa shape index (κ3) is 3.77. The van der Waals surface area contributed by atoms with E-state index in [1.165, 1.54) is 4.90 Å². The molecule has 1 N–H and O–H groups in total. The molecule has 130 valence electrons. The van der Waals surface area contributed by atoms with Crippen molar-refractivity contribution in [3.8, 4) is 5.75 Å². The molecule has 9 nitrogen and oxygen atoms in total. The second-order valence-corrected chi connectivity index (χ2v) is 7.09. The molecule has 1 aromatic rings. The van der Waals surface area contributed by atoms with Gasteiger partial charge < -0.3 is 14.8 Å². The van der Waals surface area contributed by atoms with E-state index in [1.54, 1.807) is 18.2 Å². The van der Waals surface area contributed by atoms with E-state index in [2.05, 4.69) is 9.50 Å². The summed E-state index contributed by atoms with van der Waals surface area (Å²) in [4.78, 5) is 24.8. The Labute approximate surface area is 138 Å². The van der Waals surface area contributed by atoms with Gasteiger partial charge in [-0.3, -0.25) is 13.9 Å². The van der Waals surface area contributed by atoms with Crippen LogP contribution in [0.5, 0.6) is 5.75 Å². The fraction of sp³-hybridized carbons (Fsp3) is 0.429. The fourth-order valence-corrected chi connectivity index (χ4v) is 2.85. The van der Waals surface area contributed by atoms with Gasteiger partial charge in [0.15, 0.2) is 6.61 Å². The largest absolute Gasteiger partial charge is 0.482 e. The van der Waals surface area contributed by atoms with E-state index in [1.807, 2.05) is 0 Å². The maximum Gasteiger partial charge on any atom is 0.414 e. The molecule has 1 aromatic carbocycles. The third-order valence-electron chi connectivity index (χ3n) is 3.52. The van der Waals surface area contributed by atoms with Crippen molar-refractivity contribution < 1.29 is 31.7 Å². The van der Waals surface area contributed by atoms with E-state index in [0.29, 0.717) is 17.1 Å². The summed E-state index contributed by atoms with van der Waals surface area (Å²) in [6, 6.07) is 4.98. The molecule has 2 aliphatic heterocycles. The minimum absolute atomic E-state index is 0.0412. The van der Waals surface area contributed by atoms with Crippen LogP contribution >= 0.6 is 0 Å². The Morgan fingerprint density at radius 3 is 2.92 bits per heavy atom. The van der Waals surface area contributed by atoms with Gasteiger partial charge in [0.25, 0.3) is 16.0 Å². The Morgan fingerprint density at radius 1 is 1.38 bits per heavy atom. The first-order chi connectivity index (χ1) is 11.3. The molecule has 1 unspecified atom stereocenters. The van der Waals surface area contributed by atoms with E-state index < -0.39 is 22.3 Å². The number of amides is 2. The van der Waals surface area contributed by atoms with E-state index in [4.69, 9.17) is 9.47 Å². The minimum Gasteiger partial charge on any atom is -0.482 e. The number of rotatable bonds is 5. The standard InChI is InChI=1S/C14H16N2O7S/c1-24(19,20)22-5-4-10-7-16(14(18)23-10)9-2-3-12-11(6-9)15-13(17)8-21-12/h2-3,6,10H,4-5,7-8H2,1H3,(H,15,17). The summed E-state index contributed by atoms with van der Waals surface area (Å²) < 4.78 is 37.0. The van der Waals surface area contributed by atoms with Gasteiger partial charge in [0.2, 0.25) is 0 Å². The molecule has 0 radical (unpaired) electrons. The first kappa shape index (κ1) is 16.5. The molecule has 1 atom stereocenters. The Hall–Kier alpha value is -2.33. The molecule has 2 amide bonds. The number of nitrogens with one attached hydrogen (secondary N) is 1. The predicted octanol–water partition coefficient (Wildman–Crippen LogP) is 0.709. The topological polar surface area (TPSA) is 111 Å². The van der Waals surface area contributed by atoms with Gasteiger partial charge in [0.05, 0.1) is 25.1 Å². The normalized spacial score (nSPS) is 20.2. The van der Waals surface area contributed by atoms with Gasteiger partial charge in [-0.15, -0.1) is 0 Å². The van der Waals surface area contributed by atoms with E-state index in [-0.39, 0.29) is 32.1 Å². The van der Waals surface area contributed by atoms with Crippen LogP contribution in [0.4, 0.5) is 16.2 Å². The Bertz CT molecular complexity index is 777. The van der Waals surface area contributed by atoms with Crippen molar-refractivity contribution in [1.82, 2.24) is 0 Å². The van der Waals surface area contributed by atoms with E-state index in [0.717, 1.165) is 6.26 Å². The van der Waals surface area contributed by atoms with E-state index in [9.17, 15) is 18.0 Å². The predicted molar refractivity (Wildman–Crippen MR) is 83.6 cm³/mol. The van der Waals surface area contributed by atoms with Gasteiger partial charge >= 0.3 is 6.09 Å². The van der Waals surface area contributed by atoms with Gasteiger partial charge in [0, 0.05) is 12.1 Å². The average Bonchev–Trinajstić information content (AvgIpc) is 2.86. The quantitative estimate of drug-likeness (QED) is 0.773. The summed E-state index contributed by atoms with van der Waals surface area (Å²) in [6.07, 6.45) is 0.215. The fourth-order valence-electron chi connectivity index (χ4n) is 2.45. The number of anilines is 2. The summed E-state index contributed by atoms with van der Waals surface area (Å²) in [5.74, 6) is 0.267. The number of hydrogen-bond donors (Lipinski definition) is 1. The molecule has 0 spiro atoms. The highest BCUT2D eigenvalue weighted by Gasteiger charge is 2.33. The first-order valence-corrected chi connectivity index (χ1v) is 9.03. The second kappa shape index (κ2) is 6.29. The Kier molecular flexibility index (Phi) is 4.33. The number of ether oxygens (including phenoxy) is 2. The van der Waals surface area contributed by atoms with Crippen LogP contribution < -0.4 is 15.0 Å². The summed E-state index contributed by atoms with van der Waals surface area (Å²) in [6.45, 7) is 0.165.